The fraction of sp³-hybridized carbons (Fsp3) is 0.455. The molecular formula is C11H17N. The molecule has 0 saturated heterocycles. The van der Waals surface area contributed by atoms with Crippen LogP contribution in [0.3, 0.4) is 0 Å². The summed E-state index contributed by atoms with van der Waals surface area (Å²) in [5.41, 5.74) is 2.32. The van der Waals surface area contributed by atoms with E-state index in [1.54, 1.807) is 0 Å². The first-order valence-corrected chi connectivity index (χ1v) is 4.64. The summed E-state index contributed by atoms with van der Waals surface area (Å²) in [6.45, 7) is 7.16. The minimum atomic E-state index is 1.02. The van der Waals surface area contributed by atoms with Gasteiger partial charge in [0.2, 0.25) is 0 Å². The third kappa shape index (κ3) is 2.57. The largest absolute Gasteiger partial charge is 0.385 e. The van der Waals surface area contributed by atoms with Crippen molar-refractivity contribution >= 4 is 0 Å². The lowest BCUT2D eigenvalue weighted by Gasteiger charge is -2.11. The lowest BCUT2D eigenvalue weighted by atomic mass is 10.1. The molecule has 1 aliphatic carbocycles. The molecule has 0 heterocycles. The van der Waals surface area contributed by atoms with Crippen LogP contribution in [-0.2, 0) is 0 Å². The van der Waals surface area contributed by atoms with Crippen LogP contribution in [-0.4, -0.2) is 6.54 Å². The van der Waals surface area contributed by atoms with Gasteiger partial charge in [0.1, 0.15) is 0 Å². The lowest BCUT2D eigenvalue weighted by Crippen LogP contribution is -2.14. The van der Waals surface area contributed by atoms with Gasteiger partial charge in [-0.25, -0.2) is 0 Å². The van der Waals surface area contributed by atoms with E-state index in [-0.39, 0.29) is 0 Å². The molecule has 0 bridgehead atoms. The van der Waals surface area contributed by atoms with E-state index >= 15 is 0 Å². The zero-order valence-electron chi connectivity index (χ0n) is 7.77. The molecule has 0 aromatic rings. The smallest absolute Gasteiger partial charge is 0.0337 e. The minimum absolute atomic E-state index is 1.02. The average molecular weight is 163 g/mol. The Labute approximate surface area is 74.9 Å². The highest BCUT2D eigenvalue weighted by Gasteiger charge is 1.99. The second-order valence-corrected chi connectivity index (χ2v) is 3.04. The molecule has 0 spiro atoms. The first kappa shape index (κ1) is 9.11. The van der Waals surface area contributed by atoms with Crippen LogP contribution in [0, 0.1) is 0 Å². The van der Waals surface area contributed by atoms with Crippen LogP contribution in [0.1, 0.15) is 26.2 Å². The van der Waals surface area contributed by atoms with E-state index in [0.717, 1.165) is 25.1 Å². The molecule has 1 nitrogen and oxygen atoms in total. The highest BCUT2D eigenvalue weighted by molar-refractivity contribution is 5.38. The number of nitrogens with one attached hydrogen (secondary N) is 1. The highest BCUT2D eigenvalue weighted by atomic mass is 14.9. The Morgan fingerprint density at radius 2 is 2.42 bits per heavy atom. The Morgan fingerprint density at radius 1 is 1.58 bits per heavy atom. The number of hydrogen-bond donors (Lipinski definition) is 1. The van der Waals surface area contributed by atoms with E-state index in [4.69, 9.17) is 0 Å². The van der Waals surface area contributed by atoms with E-state index in [0.29, 0.717) is 0 Å². The van der Waals surface area contributed by atoms with Gasteiger partial charge in [-0.15, -0.1) is 0 Å². The Balaban J connectivity index is 2.41. The molecule has 0 aromatic carbocycles. The zero-order chi connectivity index (χ0) is 8.81. The SMILES string of the molecule is C=C(NCCC)C1=CCCC=C1. The lowest BCUT2D eigenvalue weighted by molar-refractivity contribution is 0.778. The van der Waals surface area contributed by atoms with Gasteiger partial charge in [-0.2, -0.15) is 0 Å². The van der Waals surface area contributed by atoms with E-state index in [1.807, 2.05) is 0 Å². The second-order valence-electron chi connectivity index (χ2n) is 3.04. The number of allylic oxidation sites excluding steroid dienone is 3. The van der Waals surface area contributed by atoms with Gasteiger partial charge in [-0.3, -0.25) is 0 Å². The van der Waals surface area contributed by atoms with Crippen LogP contribution >= 0.6 is 0 Å². The first-order valence-electron chi connectivity index (χ1n) is 4.64. The molecule has 1 N–H and O–H groups in total. The monoisotopic (exact) mass is 163 g/mol. The van der Waals surface area contributed by atoms with Crippen molar-refractivity contribution in [1.29, 1.82) is 0 Å². The minimum Gasteiger partial charge on any atom is -0.385 e. The molecule has 12 heavy (non-hydrogen) atoms. The van der Waals surface area contributed by atoms with Crippen LogP contribution in [0.5, 0.6) is 0 Å². The first-order chi connectivity index (χ1) is 5.84. The van der Waals surface area contributed by atoms with Gasteiger partial charge in [0.05, 0.1) is 0 Å². The van der Waals surface area contributed by atoms with Gasteiger partial charge in [-0.05, 0) is 24.8 Å². The van der Waals surface area contributed by atoms with Gasteiger partial charge in [0.15, 0.2) is 0 Å². The zero-order valence-corrected chi connectivity index (χ0v) is 7.77. The van der Waals surface area contributed by atoms with Gasteiger partial charge < -0.3 is 5.32 Å². The van der Waals surface area contributed by atoms with Gasteiger partial charge in [-0.1, -0.05) is 31.7 Å². The maximum Gasteiger partial charge on any atom is 0.0337 e. The van der Waals surface area contributed by atoms with Crippen molar-refractivity contribution in [3.63, 3.8) is 0 Å². The molecule has 0 atom stereocenters. The predicted octanol–water partition coefficient (Wildman–Crippen LogP) is 2.78. The van der Waals surface area contributed by atoms with Crippen LogP contribution in [0.2, 0.25) is 0 Å². The van der Waals surface area contributed by atoms with Gasteiger partial charge in [0, 0.05) is 12.2 Å². The maximum atomic E-state index is 3.99. The van der Waals surface area contributed by atoms with E-state index in [9.17, 15) is 0 Å². The third-order valence-corrected chi connectivity index (χ3v) is 1.93. The van der Waals surface area contributed by atoms with Crippen molar-refractivity contribution in [1.82, 2.24) is 5.32 Å². The summed E-state index contributed by atoms with van der Waals surface area (Å²) in [6.07, 6.45) is 10.1. The van der Waals surface area contributed by atoms with E-state index < -0.39 is 0 Å². The highest BCUT2D eigenvalue weighted by Crippen LogP contribution is 2.14. The molecule has 0 radical (unpaired) electrons. The van der Waals surface area contributed by atoms with E-state index in [1.165, 1.54) is 12.0 Å². The fourth-order valence-corrected chi connectivity index (χ4v) is 1.22. The number of rotatable bonds is 4. The molecular weight excluding hydrogens is 146 g/mol. The summed E-state index contributed by atoms with van der Waals surface area (Å²) < 4.78 is 0. The molecule has 66 valence electrons. The Kier molecular flexibility index (Phi) is 3.65. The molecule has 0 fully saturated rings. The summed E-state index contributed by atoms with van der Waals surface area (Å²) in [5.74, 6) is 0. The fourth-order valence-electron chi connectivity index (χ4n) is 1.22. The molecule has 0 aliphatic heterocycles. The summed E-state index contributed by atoms with van der Waals surface area (Å²) in [7, 11) is 0. The van der Waals surface area contributed by atoms with Crippen molar-refractivity contribution < 1.29 is 0 Å². The summed E-state index contributed by atoms with van der Waals surface area (Å²) in [6, 6.07) is 0. The Hall–Kier alpha value is -0.980. The van der Waals surface area contributed by atoms with Crippen molar-refractivity contribution in [3.8, 4) is 0 Å². The van der Waals surface area contributed by atoms with Crippen LogP contribution in [0.4, 0.5) is 0 Å². The topological polar surface area (TPSA) is 12.0 Å². The van der Waals surface area contributed by atoms with Crippen LogP contribution in [0.25, 0.3) is 0 Å². The molecule has 0 aromatic heterocycles. The summed E-state index contributed by atoms with van der Waals surface area (Å²) >= 11 is 0. The normalized spacial score (nSPS) is 15.6. The van der Waals surface area contributed by atoms with E-state index in [2.05, 4.69) is 37.0 Å². The quantitative estimate of drug-likeness (QED) is 0.672. The third-order valence-electron chi connectivity index (χ3n) is 1.93. The molecule has 1 aliphatic rings. The molecule has 0 saturated carbocycles. The molecule has 1 rings (SSSR count). The second kappa shape index (κ2) is 4.81. The van der Waals surface area contributed by atoms with Gasteiger partial charge in [0.25, 0.3) is 0 Å². The van der Waals surface area contributed by atoms with Gasteiger partial charge >= 0.3 is 0 Å². The van der Waals surface area contributed by atoms with Crippen molar-refractivity contribution in [2.75, 3.05) is 6.54 Å². The number of hydrogen-bond acceptors (Lipinski definition) is 1. The van der Waals surface area contributed by atoms with Crippen LogP contribution in [0.15, 0.2) is 36.1 Å². The van der Waals surface area contributed by atoms with Crippen molar-refractivity contribution in [2.45, 2.75) is 26.2 Å². The van der Waals surface area contributed by atoms with Crippen LogP contribution < -0.4 is 5.32 Å². The summed E-state index contributed by atoms with van der Waals surface area (Å²) in [4.78, 5) is 0. The van der Waals surface area contributed by atoms with Crippen molar-refractivity contribution in [2.24, 2.45) is 0 Å². The Bertz CT molecular complexity index is 211. The predicted molar refractivity (Wildman–Crippen MR) is 53.9 cm³/mol. The summed E-state index contributed by atoms with van der Waals surface area (Å²) in [5, 5.41) is 3.29. The Morgan fingerprint density at radius 3 is 3.00 bits per heavy atom. The maximum absolute atomic E-state index is 3.99. The van der Waals surface area contributed by atoms with Crippen molar-refractivity contribution in [3.05, 3.63) is 36.1 Å². The molecule has 0 unspecified atom stereocenters. The molecule has 0 amide bonds. The molecule has 1 heteroatoms. The average Bonchev–Trinajstić information content (AvgIpc) is 2.15. The standard InChI is InChI=1S/C11H17N/c1-3-9-12-10(2)11-7-5-4-6-8-11/h5,7-8,12H,2-4,6,9H2,1H3.